The lowest BCUT2D eigenvalue weighted by Gasteiger charge is -2.11. The monoisotopic (exact) mass is 175 g/mol. The van der Waals surface area contributed by atoms with Gasteiger partial charge in [0.25, 0.3) is 0 Å². The molecule has 0 unspecified atom stereocenters. The summed E-state index contributed by atoms with van der Waals surface area (Å²) in [5.74, 6) is 1.36. The van der Waals surface area contributed by atoms with Crippen LogP contribution in [0.25, 0.3) is 0 Å². The molecule has 0 radical (unpaired) electrons. The molecule has 0 bridgehead atoms. The molecule has 0 atom stereocenters. The van der Waals surface area contributed by atoms with Crippen LogP contribution in [-0.4, -0.2) is 5.78 Å². The molecule has 0 aromatic heterocycles. The van der Waals surface area contributed by atoms with Gasteiger partial charge in [0.15, 0.2) is 5.78 Å². The zero-order valence-electron chi connectivity index (χ0n) is 8.48. The summed E-state index contributed by atoms with van der Waals surface area (Å²) in [7, 11) is 0. The van der Waals surface area contributed by atoms with E-state index in [1.165, 1.54) is 5.92 Å². The highest BCUT2D eigenvalue weighted by molar-refractivity contribution is 5.99. The van der Waals surface area contributed by atoms with Gasteiger partial charge in [-0.15, -0.1) is 0 Å². The van der Waals surface area contributed by atoms with E-state index in [-0.39, 0.29) is 5.78 Å². The lowest BCUT2D eigenvalue weighted by atomic mass is 9.86. The maximum Gasteiger partial charge on any atom is 0.182 e. The summed E-state index contributed by atoms with van der Waals surface area (Å²) in [4.78, 5) is 11.4. The van der Waals surface area contributed by atoms with Gasteiger partial charge in [0.2, 0.25) is 0 Å². The fourth-order valence-corrected chi connectivity index (χ4v) is 1.30. The quantitative estimate of drug-likeness (QED) is 0.590. The molecule has 0 saturated carbocycles. The van der Waals surface area contributed by atoms with Crippen LogP contribution < -0.4 is 0 Å². The van der Waals surface area contributed by atoms with E-state index in [9.17, 15) is 4.79 Å². The number of hydrogen-bond donors (Lipinski definition) is 0. The highest BCUT2D eigenvalue weighted by atomic mass is 16.1. The SMILES string of the molecule is C=C1C=C(C(=O)CC)C=C(C)[C+]1C. The molecular weight excluding hydrogens is 160 g/mol. The van der Waals surface area contributed by atoms with Crippen LogP contribution >= 0.6 is 0 Å². The van der Waals surface area contributed by atoms with E-state index in [4.69, 9.17) is 0 Å². The van der Waals surface area contributed by atoms with E-state index < -0.39 is 0 Å². The Morgan fingerprint density at radius 1 is 1.54 bits per heavy atom. The normalized spacial score (nSPS) is 16.8. The van der Waals surface area contributed by atoms with E-state index in [1.54, 1.807) is 0 Å². The highest BCUT2D eigenvalue weighted by Crippen LogP contribution is 2.29. The lowest BCUT2D eigenvalue weighted by Crippen LogP contribution is -2.07. The number of Topliss-reactive ketones (excluding diaryl/α,β-unsaturated/α-hetero) is 1. The Labute approximate surface area is 79.8 Å². The van der Waals surface area contributed by atoms with Crippen molar-refractivity contribution in [3.63, 3.8) is 0 Å². The number of allylic oxidation sites excluding steroid dienone is 5. The molecular formula is C12H15O+. The summed E-state index contributed by atoms with van der Waals surface area (Å²) in [6.45, 7) is 9.82. The van der Waals surface area contributed by atoms with Gasteiger partial charge in [-0.25, -0.2) is 0 Å². The van der Waals surface area contributed by atoms with Gasteiger partial charge in [-0.1, -0.05) is 6.92 Å². The Morgan fingerprint density at radius 2 is 2.15 bits per heavy atom. The van der Waals surface area contributed by atoms with Gasteiger partial charge in [-0.2, -0.15) is 0 Å². The Morgan fingerprint density at radius 3 is 2.62 bits per heavy atom. The van der Waals surface area contributed by atoms with Gasteiger partial charge < -0.3 is 0 Å². The molecule has 0 amide bonds. The van der Waals surface area contributed by atoms with E-state index in [0.717, 1.165) is 16.7 Å². The maximum atomic E-state index is 11.4. The van der Waals surface area contributed by atoms with Crippen LogP contribution in [0.2, 0.25) is 0 Å². The highest BCUT2D eigenvalue weighted by Gasteiger charge is 2.23. The standard InChI is InChI=1S/C12H15O/c1-5-12(13)11-6-8(2)10(4)9(3)7-11/h6-7H,2,5H2,1,3-4H3/q+1. The number of hydrogen-bond acceptors (Lipinski definition) is 1. The minimum absolute atomic E-state index is 0.188. The van der Waals surface area contributed by atoms with Crippen LogP contribution in [0.4, 0.5) is 0 Å². The second kappa shape index (κ2) is 3.65. The summed E-state index contributed by atoms with van der Waals surface area (Å²) in [5.41, 5.74) is 2.89. The van der Waals surface area contributed by atoms with Gasteiger partial charge in [-0.05, 0) is 20.4 Å². The average molecular weight is 175 g/mol. The zero-order valence-corrected chi connectivity index (χ0v) is 8.48. The van der Waals surface area contributed by atoms with E-state index in [0.29, 0.717) is 6.42 Å². The van der Waals surface area contributed by atoms with Crippen molar-refractivity contribution in [1.82, 2.24) is 0 Å². The first-order chi connectivity index (χ1) is 6.06. The molecule has 0 saturated heterocycles. The van der Waals surface area contributed by atoms with Crippen molar-refractivity contribution in [3.05, 3.63) is 41.4 Å². The van der Waals surface area contributed by atoms with Crippen molar-refractivity contribution < 1.29 is 4.79 Å². The fraction of sp³-hybridized carbons (Fsp3) is 0.333. The van der Waals surface area contributed by atoms with Crippen molar-refractivity contribution in [3.8, 4) is 0 Å². The number of ketones is 1. The first kappa shape index (κ1) is 9.85. The molecule has 1 rings (SSSR count). The van der Waals surface area contributed by atoms with Crippen molar-refractivity contribution in [2.75, 3.05) is 0 Å². The molecule has 68 valence electrons. The third-order valence-corrected chi connectivity index (χ3v) is 2.42. The lowest BCUT2D eigenvalue weighted by molar-refractivity contribution is -0.115. The summed E-state index contributed by atoms with van der Waals surface area (Å²) in [6, 6.07) is 0. The van der Waals surface area contributed by atoms with Crippen LogP contribution in [0.3, 0.4) is 0 Å². The molecule has 0 fully saturated rings. The average Bonchev–Trinajstić information content (AvgIpc) is 2.12. The number of carbonyl (C=O) groups is 1. The molecule has 1 heteroatoms. The van der Waals surface area contributed by atoms with Gasteiger partial charge >= 0.3 is 0 Å². The van der Waals surface area contributed by atoms with Gasteiger partial charge in [0.05, 0.1) is 5.57 Å². The van der Waals surface area contributed by atoms with Crippen LogP contribution in [0, 0.1) is 5.92 Å². The minimum Gasteiger partial charge on any atom is -0.292 e. The largest absolute Gasteiger partial charge is 0.292 e. The van der Waals surface area contributed by atoms with Crippen molar-refractivity contribution in [2.24, 2.45) is 0 Å². The maximum absolute atomic E-state index is 11.4. The van der Waals surface area contributed by atoms with Crippen molar-refractivity contribution >= 4 is 5.78 Å². The Kier molecular flexibility index (Phi) is 2.76. The molecule has 1 nitrogen and oxygen atoms in total. The third kappa shape index (κ3) is 1.92. The molecule has 0 aromatic rings. The molecule has 0 aromatic carbocycles. The first-order valence-corrected chi connectivity index (χ1v) is 4.52. The Balaban J connectivity index is 2.97. The van der Waals surface area contributed by atoms with Gasteiger partial charge in [-0.3, -0.25) is 4.79 Å². The van der Waals surface area contributed by atoms with Crippen LogP contribution in [0.5, 0.6) is 0 Å². The summed E-state index contributed by atoms with van der Waals surface area (Å²) in [6.07, 6.45) is 4.37. The molecule has 1 aliphatic carbocycles. The fourth-order valence-electron chi connectivity index (χ4n) is 1.30. The van der Waals surface area contributed by atoms with E-state index >= 15 is 0 Å². The van der Waals surface area contributed by atoms with Gasteiger partial charge in [0.1, 0.15) is 5.57 Å². The Hall–Kier alpha value is -1.24. The topological polar surface area (TPSA) is 17.1 Å². The van der Waals surface area contributed by atoms with Crippen molar-refractivity contribution in [2.45, 2.75) is 27.2 Å². The predicted octanol–water partition coefficient (Wildman–Crippen LogP) is 3.00. The summed E-state index contributed by atoms with van der Waals surface area (Å²) in [5, 5.41) is 0. The predicted molar refractivity (Wildman–Crippen MR) is 55.2 cm³/mol. The molecule has 1 aliphatic rings. The van der Waals surface area contributed by atoms with Gasteiger partial charge in [0, 0.05) is 30.1 Å². The second-order valence-corrected chi connectivity index (χ2v) is 3.35. The number of rotatable bonds is 2. The molecule has 13 heavy (non-hydrogen) atoms. The minimum atomic E-state index is 0.188. The summed E-state index contributed by atoms with van der Waals surface area (Å²) >= 11 is 0. The molecule has 0 aliphatic heterocycles. The molecule has 0 spiro atoms. The van der Waals surface area contributed by atoms with Crippen molar-refractivity contribution in [1.29, 1.82) is 0 Å². The zero-order chi connectivity index (χ0) is 10.0. The van der Waals surface area contributed by atoms with Crippen LogP contribution in [0.15, 0.2) is 35.5 Å². The second-order valence-electron chi connectivity index (χ2n) is 3.35. The van der Waals surface area contributed by atoms with Crippen LogP contribution in [-0.2, 0) is 4.79 Å². The van der Waals surface area contributed by atoms with Crippen LogP contribution in [0.1, 0.15) is 27.2 Å². The first-order valence-electron chi connectivity index (χ1n) is 4.52. The number of carbonyl (C=O) groups excluding carboxylic acids is 1. The Bertz CT molecular complexity index is 305. The van der Waals surface area contributed by atoms with E-state index in [2.05, 4.69) is 6.58 Å². The molecule has 0 heterocycles. The smallest absolute Gasteiger partial charge is 0.182 e. The summed E-state index contributed by atoms with van der Waals surface area (Å²) < 4.78 is 0. The van der Waals surface area contributed by atoms with E-state index in [1.807, 2.05) is 32.9 Å². The third-order valence-electron chi connectivity index (χ3n) is 2.42. The molecule has 0 N–H and O–H groups in total.